The van der Waals surface area contributed by atoms with Crippen molar-refractivity contribution in [3.63, 3.8) is 0 Å². The van der Waals surface area contributed by atoms with E-state index in [1.807, 2.05) is 0 Å². The van der Waals surface area contributed by atoms with Crippen LogP contribution in [0.15, 0.2) is 48.7 Å². The van der Waals surface area contributed by atoms with Gasteiger partial charge in [-0.25, -0.2) is 0 Å². The van der Waals surface area contributed by atoms with Crippen LogP contribution in [0.1, 0.15) is 30.4 Å². The number of benzene rings is 2. The number of piperidine rings is 1. The van der Waals surface area contributed by atoms with E-state index >= 15 is 0 Å². The van der Waals surface area contributed by atoms with Crippen LogP contribution in [0.4, 0.5) is 28.8 Å². The molecule has 0 unspecified atom stereocenters. The summed E-state index contributed by atoms with van der Waals surface area (Å²) in [6, 6.07) is 14.6. The molecule has 1 fully saturated rings. The second-order valence-electron chi connectivity index (χ2n) is 7.28. The molecule has 1 aromatic heterocycles. The van der Waals surface area contributed by atoms with Gasteiger partial charge in [0, 0.05) is 30.2 Å². The van der Waals surface area contributed by atoms with Crippen molar-refractivity contribution in [3.8, 4) is 0 Å². The van der Waals surface area contributed by atoms with Gasteiger partial charge in [-0.1, -0.05) is 18.2 Å². The third-order valence-electron chi connectivity index (χ3n) is 5.14. The van der Waals surface area contributed by atoms with Gasteiger partial charge in [0.25, 0.3) is 0 Å². The van der Waals surface area contributed by atoms with E-state index in [2.05, 4.69) is 87.0 Å². The first-order valence-corrected chi connectivity index (χ1v) is 9.84. The molecular weight excluding hydrogens is 348 g/mol. The molecule has 1 aliphatic rings. The molecule has 3 aromatic rings. The molecule has 2 heterocycles. The normalized spacial score (nSPS) is 14.0. The van der Waals surface area contributed by atoms with Crippen LogP contribution in [0.2, 0.25) is 0 Å². The lowest BCUT2D eigenvalue weighted by Crippen LogP contribution is -2.29. The number of hydrogen-bond donors (Lipinski definition) is 2. The molecule has 4 rings (SSSR count). The number of rotatable bonds is 5. The van der Waals surface area contributed by atoms with E-state index in [4.69, 9.17) is 0 Å². The molecule has 0 saturated carbocycles. The number of nitrogens with one attached hydrogen (secondary N) is 2. The van der Waals surface area contributed by atoms with Crippen molar-refractivity contribution in [1.82, 2.24) is 15.2 Å². The molecule has 6 nitrogen and oxygen atoms in total. The number of hydrogen-bond acceptors (Lipinski definition) is 6. The van der Waals surface area contributed by atoms with E-state index < -0.39 is 0 Å². The molecule has 144 valence electrons. The third-order valence-corrected chi connectivity index (χ3v) is 5.14. The molecule has 6 heteroatoms. The standard InChI is InChI=1S/C22H26N6/c1-16-7-6-8-17(2)21(16)25-20-15-23-27-22(26-20)24-18-9-11-19(12-10-18)28-13-4-3-5-14-28/h6-12,15H,3-5,13-14H2,1-2H3,(H2,24,25,26,27). The molecular formula is C22H26N6. The molecule has 0 aliphatic carbocycles. The largest absolute Gasteiger partial charge is 0.372 e. The van der Waals surface area contributed by atoms with Crippen molar-refractivity contribution >= 4 is 28.8 Å². The van der Waals surface area contributed by atoms with Crippen molar-refractivity contribution in [2.45, 2.75) is 33.1 Å². The Morgan fingerprint density at radius 3 is 2.29 bits per heavy atom. The van der Waals surface area contributed by atoms with Crippen LogP contribution >= 0.6 is 0 Å². The zero-order valence-electron chi connectivity index (χ0n) is 16.4. The zero-order chi connectivity index (χ0) is 19.3. The summed E-state index contributed by atoms with van der Waals surface area (Å²) in [5, 5.41) is 14.8. The summed E-state index contributed by atoms with van der Waals surface area (Å²) in [6.07, 6.45) is 5.53. The van der Waals surface area contributed by atoms with Gasteiger partial charge in [-0.2, -0.15) is 10.1 Å². The number of aryl methyl sites for hydroxylation is 2. The Morgan fingerprint density at radius 2 is 1.57 bits per heavy atom. The summed E-state index contributed by atoms with van der Waals surface area (Å²) >= 11 is 0. The SMILES string of the molecule is Cc1cccc(C)c1Nc1cnnc(Nc2ccc(N3CCCCC3)cc2)n1. The average Bonchev–Trinajstić information content (AvgIpc) is 2.72. The fourth-order valence-corrected chi connectivity index (χ4v) is 3.59. The van der Waals surface area contributed by atoms with E-state index in [0.29, 0.717) is 11.8 Å². The van der Waals surface area contributed by atoms with Crippen molar-refractivity contribution in [2.75, 3.05) is 28.6 Å². The van der Waals surface area contributed by atoms with Crippen LogP contribution in [0.25, 0.3) is 0 Å². The number of anilines is 5. The van der Waals surface area contributed by atoms with E-state index in [0.717, 1.165) is 24.5 Å². The highest BCUT2D eigenvalue weighted by molar-refractivity contribution is 5.65. The topological polar surface area (TPSA) is 66.0 Å². The van der Waals surface area contributed by atoms with Gasteiger partial charge < -0.3 is 15.5 Å². The molecule has 1 saturated heterocycles. The van der Waals surface area contributed by atoms with Gasteiger partial charge in [0.1, 0.15) is 0 Å². The van der Waals surface area contributed by atoms with Crippen molar-refractivity contribution < 1.29 is 0 Å². The predicted molar refractivity (Wildman–Crippen MR) is 115 cm³/mol. The van der Waals surface area contributed by atoms with Gasteiger partial charge in [0.05, 0.1) is 6.20 Å². The molecule has 28 heavy (non-hydrogen) atoms. The summed E-state index contributed by atoms with van der Waals surface area (Å²) in [4.78, 5) is 7.00. The van der Waals surface area contributed by atoms with E-state index in [-0.39, 0.29) is 0 Å². The number of para-hydroxylation sites is 1. The second kappa shape index (κ2) is 8.25. The highest BCUT2D eigenvalue weighted by atomic mass is 15.3. The lowest BCUT2D eigenvalue weighted by Gasteiger charge is -2.28. The highest BCUT2D eigenvalue weighted by Crippen LogP contribution is 2.25. The molecule has 0 atom stereocenters. The van der Waals surface area contributed by atoms with Crippen LogP contribution in [-0.4, -0.2) is 28.3 Å². The fraction of sp³-hybridized carbons (Fsp3) is 0.318. The van der Waals surface area contributed by atoms with Crippen LogP contribution in [0.3, 0.4) is 0 Å². The first kappa shape index (κ1) is 18.2. The first-order chi connectivity index (χ1) is 13.7. The molecule has 0 radical (unpaired) electrons. The maximum absolute atomic E-state index is 4.55. The summed E-state index contributed by atoms with van der Waals surface area (Å²) in [5.41, 5.74) is 5.62. The summed E-state index contributed by atoms with van der Waals surface area (Å²) in [7, 11) is 0. The molecule has 0 spiro atoms. The fourth-order valence-electron chi connectivity index (χ4n) is 3.59. The van der Waals surface area contributed by atoms with Gasteiger partial charge in [-0.15, -0.1) is 5.10 Å². The van der Waals surface area contributed by atoms with Crippen LogP contribution in [-0.2, 0) is 0 Å². The van der Waals surface area contributed by atoms with Crippen LogP contribution < -0.4 is 15.5 Å². The lowest BCUT2D eigenvalue weighted by atomic mass is 10.1. The highest BCUT2D eigenvalue weighted by Gasteiger charge is 2.11. The number of aromatic nitrogens is 3. The van der Waals surface area contributed by atoms with Crippen molar-refractivity contribution in [2.24, 2.45) is 0 Å². The van der Waals surface area contributed by atoms with Gasteiger partial charge in [0.2, 0.25) is 5.95 Å². The maximum atomic E-state index is 4.55. The Hall–Kier alpha value is -3.15. The predicted octanol–water partition coefficient (Wildman–Crippen LogP) is 4.97. The van der Waals surface area contributed by atoms with E-state index in [9.17, 15) is 0 Å². The Labute approximate surface area is 166 Å². The van der Waals surface area contributed by atoms with E-state index in [1.54, 1.807) is 6.20 Å². The molecule has 0 bridgehead atoms. The Kier molecular flexibility index (Phi) is 5.37. The van der Waals surface area contributed by atoms with Gasteiger partial charge in [-0.05, 0) is 68.5 Å². The summed E-state index contributed by atoms with van der Waals surface area (Å²) in [5.74, 6) is 1.14. The van der Waals surface area contributed by atoms with Crippen LogP contribution in [0.5, 0.6) is 0 Å². The average molecular weight is 374 g/mol. The van der Waals surface area contributed by atoms with Crippen molar-refractivity contribution in [1.29, 1.82) is 0 Å². The minimum Gasteiger partial charge on any atom is -0.372 e. The third kappa shape index (κ3) is 4.22. The lowest BCUT2D eigenvalue weighted by molar-refractivity contribution is 0.578. The zero-order valence-corrected chi connectivity index (χ0v) is 16.4. The van der Waals surface area contributed by atoms with Crippen LogP contribution in [0, 0.1) is 13.8 Å². The summed E-state index contributed by atoms with van der Waals surface area (Å²) in [6.45, 7) is 6.44. The Balaban J connectivity index is 1.46. The Bertz CT molecular complexity index is 912. The minimum atomic E-state index is 0.474. The maximum Gasteiger partial charge on any atom is 0.249 e. The monoisotopic (exact) mass is 374 g/mol. The molecule has 2 aromatic carbocycles. The number of nitrogens with zero attached hydrogens (tertiary/aromatic N) is 4. The minimum absolute atomic E-state index is 0.474. The quantitative estimate of drug-likeness (QED) is 0.657. The molecule has 0 amide bonds. The van der Waals surface area contributed by atoms with Gasteiger partial charge in [-0.3, -0.25) is 0 Å². The van der Waals surface area contributed by atoms with Crippen molar-refractivity contribution in [3.05, 3.63) is 59.8 Å². The van der Waals surface area contributed by atoms with E-state index in [1.165, 1.54) is 36.1 Å². The second-order valence-corrected chi connectivity index (χ2v) is 7.28. The molecule has 1 aliphatic heterocycles. The summed E-state index contributed by atoms with van der Waals surface area (Å²) < 4.78 is 0. The smallest absolute Gasteiger partial charge is 0.249 e. The van der Waals surface area contributed by atoms with Gasteiger partial charge in [0.15, 0.2) is 5.82 Å². The molecule has 2 N–H and O–H groups in total. The van der Waals surface area contributed by atoms with Gasteiger partial charge >= 0.3 is 0 Å². The Morgan fingerprint density at radius 1 is 0.857 bits per heavy atom. The first-order valence-electron chi connectivity index (χ1n) is 9.84.